The van der Waals surface area contributed by atoms with Crippen LogP contribution >= 0.6 is 0 Å². The fourth-order valence-corrected chi connectivity index (χ4v) is 4.33. The average Bonchev–Trinajstić information content (AvgIpc) is 3.23. The van der Waals surface area contributed by atoms with Crippen LogP contribution in [0.4, 0.5) is 0 Å². The van der Waals surface area contributed by atoms with E-state index >= 15 is 0 Å². The van der Waals surface area contributed by atoms with Crippen LogP contribution in [0, 0.1) is 6.92 Å². The lowest BCUT2D eigenvalue weighted by Gasteiger charge is -2.39. The Kier molecular flexibility index (Phi) is 6.72. The molecule has 2 heterocycles. The Balaban J connectivity index is 1.57. The van der Waals surface area contributed by atoms with Gasteiger partial charge in [0.05, 0.1) is 23.5 Å². The number of morpholine rings is 1. The van der Waals surface area contributed by atoms with Gasteiger partial charge < -0.3 is 10.1 Å². The van der Waals surface area contributed by atoms with Gasteiger partial charge in [-0.3, -0.25) is 9.69 Å². The number of carbonyl (C=O) groups excluding carboxylic acids is 1. The van der Waals surface area contributed by atoms with E-state index in [0.717, 1.165) is 29.9 Å². The van der Waals surface area contributed by atoms with Gasteiger partial charge in [-0.2, -0.15) is 5.10 Å². The van der Waals surface area contributed by atoms with Crippen molar-refractivity contribution in [1.29, 1.82) is 0 Å². The van der Waals surface area contributed by atoms with Gasteiger partial charge in [-0.25, -0.2) is 4.68 Å². The summed E-state index contributed by atoms with van der Waals surface area (Å²) in [5, 5.41) is 7.94. The van der Waals surface area contributed by atoms with E-state index in [9.17, 15) is 4.79 Å². The van der Waals surface area contributed by atoms with Gasteiger partial charge >= 0.3 is 0 Å². The fourth-order valence-electron chi connectivity index (χ4n) is 4.33. The summed E-state index contributed by atoms with van der Waals surface area (Å²) in [6.45, 7) is 10.7. The molecule has 32 heavy (non-hydrogen) atoms. The molecular formula is C26H32N4O2. The van der Waals surface area contributed by atoms with E-state index in [1.165, 1.54) is 0 Å². The van der Waals surface area contributed by atoms with Crippen LogP contribution in [0.3, 0.4) is 0 Å². The molecule has 1 aliphatic heterocycles. The monoisotopic (exact) mass is 432 g/mol. The number of hydrogen-bond donors (Lipinski definition) is 1. The Hall–Kier alpha value is -2.96. The highest BCUT2D eigenvalue weighted by Gasteiger charge is 2.26. The SMILES string of the molecule is Cc1ccccc1-c1nn(-c2ccccc2)cc1C(=O)NCC(C)N1CC(C)OC(C)C1. The number of ether oxygens (including phenoxy) is 1. The third-order valence-corrected chi connectivity index (χ3v) is 6.01. The van der Waals surface area contributed by atoms with Crippen LogP contribution in [-0.2, 0) is 4.74 Å². The molecule has 3 unspecified atom stereocenters. The maximum Gasteiger partial charge on any atom is 0.255 e. The minimum Gasteiger partial charge on any atom is -0.373 e. The number of benzene rings is 2. The molecule has 3 atom stereocenters. The molecule has 1 N–H and O–H groups in total. The van der Waals surface area contributed by atoms with Gasteiger partial charge in [0.15, 0.2) is 0 Å². The first-order chi connectivity index (χ1) is 15.4. The summed E-state index contributed by atoms with van der Waals surface area (Å²) in [4.78, 5) is 15.7. The second-order valence-electron chi connectivity index (χ2n) is 8.76. The van der Waals surface area contributed by atoms with Gasteiger partial charge in [0.25, 0.3) is 5.91 Å². The largest absolute Gasteiger partial charge is 0.373 e. The maximum atomic E-state index is 13.3. The third-order valence-electron chi connectivity index (χ3n) is 6.01. The van der Waals surface area contributed by atoms with E-state index in [4.69, 9.17) is 9.84 Å². The van der Waals surface area contributed by atoms with E-state index in [1.807, 2.05) is 67.7 Å². The molecule has 0 radical (unpaired) electrons. The van der Waals surface area contributed by atoms with Crippen LogP contribution in [0.25, 0.3) is 16.9 Å². The van der Waals surface area contributed by atoms with Gasteiger partial charge in [-0.15, -0.1) is 0 Å². The molecule has 1 amide bonds. The Morgan fingerprint density at radius 1 is 1.09 bits per heavy atom. The summed E-state index contributed by atoms with van der Waals surface area (Å²) < 4.78 is 7.63. The lowest BCUT2D eigenvalue weighted by atomic mass is 10.0. The molecule has 3 aromatic rings. The number of amides is 1. The second-order valence-corrected chi connectivity index (χ2v) is 8.76. The van der Waals surface area contributed by atoms with Crippen molar-refractivity contribution in [2.75, 3.05) is 19.6 Å². The molecule has 4 rings (SSSR count). The normalized spacial score (nSPS) is 20.1. The van der Waals surface area contributed by atoms with Crippen molar-refractivity contribution in [2.24, 2.45) is 0 Å². The van der Waals surface area contributed by atoms with Crippen molar-refractivity contribution in [1.82, 2.24) is 20.0 Å². The molecule has 0 saturated carbocycles. The molecule has 1 saturated heterocycles. The zero-order valence-corrected chi connectivity index (χ0v) is 19.3. The molecular weight excluding hydrogens is 400 g/mol. The van der Waals surface area contributed by atoms with Crippen LogP contribution in [-0.4, -0.2) is 58.5 Å². The van der Waals surface area contributed by atoms with E-state index in [1.54, 1.807) is 4.68 Å². The van der Waals surface area contributed by atoms with E-state index in [2.05, 4.69) is 31.0 Å². The Labute approximate surface area is 190 Å². The zero-order chi connectivity index (χ0) is 22.7. The molecule has 6 nitrogen and oxygen atoms in total. The van der Waals surface area contributed by atoms with E-state index < -0.39 is 0 Å². The van der Waals surface area contributed by atoms with Gasteiger partial charge in [0, 0.05) is 37.4 Å². The second kappa shape index (κ2) is 9.67. The van der Waals surface area contributed by atoms with Crippen molar-refractivity contribution in [2.45, 2.75) is 45.9 Å². The first kappa shape index (κ1) is 22.2. The van der Waals surface area contributed by atoms with Crippen LogP contribution in [0.2, 0.25) is 0 Å². The van der Waals surface area contributed by atoms with Crippen molar-refractivity contribution in [3.63, 3.8) is 0 Å². The number of para-hydroxylation sites is 1. The predicted octanol–water partition coefficient (Wildman–Crippen LogP) is 4.08. The van der Waals surface area contributed by atoms with Crippen molar-refractivity contribution in [3.05, 3.63) is 71.9 Å². The highest BCUT2D eigenvalue weighted by Crippen LogP contribution is 2.26. The molecule has 168 valence electrons. The summed E-state index contributed by atoms with van der Waals surface area (Å²) in [6.07, 6.45) is 2.23. The van der Waals surface area contributed by atoms with E-state index in [-0.39, 0.29) is 24.2 Å². The van der Waals surface area contributed by atoms with Crippen LogP contribution in [0.1, 0.15) is 36.7 Å². The molecule has 0 bridgehead atoms. The number of rotatable bonds is 6. The fraction of sp³-hybridized carbons (Fsp3) is 0.385. The summed E-state index contributed by atoms with van der Waals surface area (Å²) >= 11 is 0. The van der Waals surface area contributed by atoms with Crippen molar-refractivity contribution < 1.29 is 9.53 Å². The Bertz CT molecular complexity index is 1050. The molecule has 0 spiro atoms. The molecule has 6 heteroatoms. The van der Waals surface area contributed by atoms with Gasteiger partial charge in [0.2, 0.25) is 0 Å². The zero-order valence-electron chi connectivity index (χ0n) is 19.3. The Morgan fingerprint density at radius 2 is 1.75 bits per heavy atom. The van der Waals surface area contributed by atoms with Crippen molar-refractivity contribution in [3.8, 4) is 16.9 Å². The molecule has 2 aromatic carbocycles. The smallest absolute Gasteiger partial charge is 0.255 e. The van der Waals surface area contributed by atoms with Crippen molar-refractivity contribution >= 4 is 5.91 Å². The summed E-state index contributed by atoms with van der Waals surface area (Å²) in [5.74, 6) is -0.105. The lowest BCUT2D eigenvalue weighted by molar-refractivity contribution is -0.0778. The van der Waals surface area contributed by atoms with Crippen LogP contribution in [0.5, 0.6) is 0 Å². The van der Waals surface area contributed by atoms with Gasteiger partial charge in [-0.05, 0) is 45.4 Å². The van der Waals surface area contributed by atoms with E-state index in [0.29, 0.717) is 17.8 Å². The standard InChI is InChI=1S/C26H32N4O2/c1-18-10-8-9-13-23(18)25-24(17-30(28-25)22-11-6-5-7-12-22)26(31)27-14-19(2)29-15-20(3)32-21(4)16-29/h5-13,17,19-21H,14-16H2,1-4H3,(H,27,31). The summed E-state index contributed by atoms with van der Waals surface area (Å²) in [5.41, 5.74) is 4.26. The summed E-state index contributed by atoms with van der Waals surface area (Å²) in [6, 6.07) is 18.1. The maximum absolute atomic E-state index is 13.3. The highest BCUT2D eigenvalue weighted by atomic mass is 16.5. The third kappa shape index (κ3) is 4.92. The number of hydrogen-bond acceptors (Lipinski definition) is 4. The predicted molar refractivity (Wildman–Crippen MR) is 127 cm³/mol. The molecule has 1 aromatic heterocycles. The molecule has 1 aliphatic rings. The summed E-state index contributed by atoms with van der Waals surface area (Å²) in [7, 11) is 0. The Morgan fingerprint density at radius 3 is 2.44 bits per heavy atom. The van der Waals surface area contributed by atoms with Gasteiger partial charge in [0.1, 0.15) is 5.69 Å². The average molecular weight is 433 g/mol. The first-order valence-electron chi connectivity index (χ1n) is 11.3. The van der Waals surface area contributed by atoms with Crippen LogP contribution < -0.4 is 5.32 Å². The molecule has 0 aliphatic carbocycles. The lowest BCUT2D eigenvalue weighted by Crippen LogP contribution is -2.52. The number of carbonyl (C=O) groups is 1. The van der Waals surface area contributed by atoms with Gasteiger partial charge in [-0.1, -0.05) is 42.5 Å². The van der Waals surface area contributed by atoms with Crippen LogP contribution in [0.15, 0.2) is 60.8 Å². The minimum atomic E-state index is -0.105. The number of aryl methyl sites for hydroxylation is 1. The number of nitrogens with zero attached hydrogens (tertiary/aromatic N) is 3. The highest BCUT2D eigenvalue weighted by molar-refractivity contribution is 6.00. The number of nitrogens with one attached hydrogen (secondary N) is 1. The topological polar surface area (TPSA) is 59.4 Å². The first-order valence-corrected chi connectivity index (χ1v) is 11.3. The minimum absolute atomic E-state index is 0.105. The number of aromatic nitrogens is 2. The molecule has 1 fully saturated rings. The quantitative estimate of drug-likeness (QED) is 0.638.